The van der Waals surface area contributed by atoms with E-state index in [-0.39, 0.29) is 11.7 Å². The fourth-order valence-corrected chi connectivity index (χ4v) is 2.67. The third kappa shape index (κ3) is 4.48. The zero-order chi connectivity index (χ0) is 15.9. The van der Waals surface area contributed by atoms with Crippen molar-refractivity contribution in [3.63, 3.8) is 0 Å². The number of nitrogens with zero attached hydrogens (tertiary/aromatic N) is 4. The van der Waals surface area contributed by atoms with Crippen LogP contribution in [0.25, 0.3) is 0 Å². The highest BCUT2D eigenvalue weighted by Crippen LogP contribution is 2.11. The number of amides is 1. The minimum atomic E-state index is -0.262. The summed E-state index contributed by atoms with van der Waals surface area (Å²) in [6.45, 7) is 9.98. The summed E-state index contributed by atoms with van der Waals surface area (Å²) in [6.07, 6.45) is 2.86. The van der Waals surface area contributed by atoms with Gasteiger partial charge in [-0.05, 0) is 19.2 Å². The molecule has 22 heavy (non-hydrogen) atoms. The van der Waals surface area contributed by atoms with E-state index in [1.165, 1.54) is 6.20 Å². The number of rotatable bonds is 6. The number of hydrogen-bond donors (Lipinski definition) is 0. The van der Waals surface area contributed by atoms with E-state index in [4.69, 9.17) is 0 Å². The lowest BCUT2D eigenvalue weighted by Gasteiger charge is -2.35. The first-order valence-corrected chi connectivity index (χ1v) is 7.94. The minimum absolute atomic E-state index is 0.193. The number of halogens is 1. The Morgan fingerprint density at radius 3 is 2.55 bits per heavy atom. The number of aromatic nitrogens is 1. The van der Waals surface area contributed by atoms with E-state index in [1.807, 2.05) is 4.90 Å². The first-order chi connectivity index (χ1) is 10.6. The number of likely N-dealkylation sites (N-methyl/N-ethyl adjacent to an activating group) is 1. The van der Waals surface area contributed by atoms with Crippen molar-refractivity contribution in [1.82, 2.24) is 19.7 Å². The summed E-state index contributed by atoms with van der Waals surface area (Å²) < 4.78 is 13.6. The van der Waals surface area contributed by atoms with Gasteiger partial charge in [-0.1, -0.05) is 13.8 Å². The van der Waals surface area contributed by atoms with Crippen LogP contribution in [0.4, 0.5) is 4.39 Å². The van der Waals surface area contributed by atoms with Crippen LogP contribution in [-0.2, 0) is 11.3 Å². The van der Waals surface area contributed by atoms with E-state index >= 15 is 0 Å². The van der Waals surface area contributed by atoms with Crippen LogP contribution in [-0.4, -0.2) is 71.4 Å². The third-order valence-electron chi connectivity index (χ3n) is 4.23. The molecule has 0 bridgehead atoms. The molecule has 0 N–H and O–H groups in total. The van der Waals surface area contributed by atoms with Crippen molar-refractivity contribution in [3.8, 4) is 0 Å². The van der Waals surface area contributed by atoms with Crippen molar-refractivity contribution in [2.24, 2.45) is 0 Å². The van der Waals surface area contributed by atoms with Crippen LogP contribution >= 0.6 is 0 Å². The first-order valence-electron chi connectivity index (χ1n) is 7.94. The highest BCUT2D eigenvalue weighted by molar-refractivity contribution is 5.78. The van der Waals surface area contributed by atoms with Gasteiger partial charge in [0, 0.05) is 44.5 Å². The maximum atomic E-state index is 13.6. The molecule has 2 heterocycles. The average Bonchev–Trinajstić information content (AvgIpc) is 2.55. The normalized spacial score (nSPS) is 16.3. The van der Waals surface area contributed by atoms with E-state index < -0.39 is 0 Å². The summed E-state index contributed by atoms with van der Waals surface area (Å²) in [5.41, 5.74) is 0.665. The summed E-state index contributed by atoms with van der Waals surface area (Å²) in [5, 5.41) is 0. The molecule has 1 aromatic heterocycles. The van der Waals surface area contributed by atoms with E-state index in [0.717, 1.165) is 26.2 Å². The van der Waals surface area contributed by atoms with Crippen molar-refractivity contribution in [3.05, 3.63) is 29.8 Å². The highest BCUT2D eigenvalue weighted by Gasteiger charge is 2.22. The lowest BCUT2D eigenvalue weighted by Crippen LogP contribution is -2.50. The molecule has 1 aromatic rings. The van der Waals surface area contributed by atoms with Gasteiger partial charge in [0.15, 0.2) is 0 Å². The van der Waals surface area contributed by atoms with Crippen molar-refractivity contribution in [1.29, 1.82) is 0 Å². The number of pyridine rings is 1. The molecule has 0 aromatic carbocycles. The van der Waals surface area contributed by atoms with E-state index in [1.54, 1.807) is 12.3 Å². The van der Waals surface area contributed by atoms with Crippen LogP contribution in [0.2, 0.25) is 0 Å². The molecule has 1 aliphatic rings. The number of carbonyl (C=O) groups excluding carboxylic acids is 1. The molecule has 0 radical (unpaired) electrons. The molecule has 1 fully saturated rings. The molecule has 1 saturated heterocycles. The molecule has 5 nitrogen and oxygen atoms in total. The van der Waals surface area contributed by atoms with Gasteiger partial charge in [0.25, 0.3) is 0 Å². The Hall–Kier alpha value is -1.53. The Kier molecular flexibility index (Phi) is 6.27. The van der Waals surface area contributed by atoms with Crippen LogP contribution in [0, 0.1) is 5.82 Å². The van der Waals surface area contributed by atoms with Gasteiger partial charge in [-0.3, -0.25) is 19.6 Å². The fraction of sp³-hybridized carbons (Fsp3) is 0.625. The molecular formula is C16H25FN4O. The molecule has 6 heteroatoms. The van der Waals surface area contributed by atoms with Gasteiger partial charge in [-0.2, -0.15) is 0 Å². The average molecular weight is 308 g/mol. The molecule has 0 unspecified atom stereocenters. The summed E-state index contributed by atoms with van der Waals surface area (Å²) in [7, 11) is 0. The van der Waals surface area contributed by atoms with Gasteiger partial charge in [0.05, 0.1) is 12.7 Å². The SMILES string of the molecule is CCN(CC)CC(=O)N1CCN(Cc2ccncc2F)CC1. The van der Waals surface area contributed by atoms with Gasteiger partial charge in [-0.25, -0.2) is 4.39 Å². The van der Waals surface area contributed by atoms with Gasteiger partial charge < -0.3 is 4.90 Å². The van der Waals surface area contributed by atoms with Crippen LogP contribution < -0.4 is 0 Å². The summed E-state index contributed by atoms with van der Waals surface area (Å²) in [4.78, 5) is 22.2. The molecule has 0 saturated carbocycles. The number of carbonyl (C=O) groups is 1. The smallest absolute Gasteiger partial charge is 0.236 e. The molecule has 1 amide bonds. The van der Waals surface area contributed by atoms with Gasteiger partial charge in [0.2, 0.25) is 5.91 Å². The maximum absolute atomic E-state index is 13.6. The Bertz CT molecular complexity index is 485. The Morgan fingerprint density at radius 1 is 1.27 bits per heavy atom. The standard InChI is InChI=1S/C16H25FN4O/c1-3-19(4-2)13-16(22)21-9-7-20(8-10-21)12-14-5-6-18-11-15(14)17/h5-6,11H,3-4,7-10,12-13H2,1-2H3. The van der Waals surface area contributed by atoms with Crippen molar-refractivity contribution >= 4 is 5.91 Å². The molecule has 0 atom stereocenters. The van der Waals surface area contributed by atoms with Crippen LogP contribution in [0.1, 0.15) is 19.4 Å². The predicted molar refractivity (Wildman–Crippen MR) is 83.8 cm³/mol. The van der Waals surface area contributed by atoms with Crippen molar-refractivity contribution < 1.29 is 9.18 Å². The number of piperazine rings is 1. The van der Waals surface area contributed by atoms with Gasteiger partial charge in [-0.15, -0.1) is 0 Å². The maximum Gasteiger partial charge on any atom is 0.236 e. The molecule has 1 aliphatic heterocycles. The third-order valence-corrected chi connectivity index (χ3v) is 4.23. The second-order valence-electron chi connectivity index (χ2n) is 5.59. The van der Waals surface area contributed by atoms with Crippen LogP contribution in [0.5, 0.6) is 0 Å². The van der Waals surface area contributed by atoms with E-state index in [9.17, 15) is 9.18 Å². The Morgan fingerprint density at radius 2 is 1.95 bits per heavy atom. The number of hydrogen-bond acceptors (Lipinski definition) is 4. The minimum Gasteiger partial charge on any atom is -0.339 e. The summed E-state index contributed by atoms with van der Waals surface area (Å²) >= 11 is 0. The van der Waals surface area contributed by atoms with Crippen molar-refractivity contribution in [2.45, 2.75) is 20.4 Å². The Balaban J connectivity index is 1.80. The molecule has 2 rings (SSSR count). The molecule has 122 valence electrons. The van der Waals surface area contributed by atoms with E-state index in [0.29, 0.717) is 31.7 Å². The quantitative estimate of drug-likeness (QED) is 0.792. The summed E-state index contributed by atoms with van der Waals surface area (Å²) in [5.74, 6) is -0.0685. The Labute approximate surface area is 131 Å². The second kappa shape index (κ2) is 8.19. The lowest BCUT2D eigenvalue weighted by molar-refractivity contribution is -0.134. The first kappa shape index (κ1) is 16.8. The highest BCUT2D eigenvalue weighted by atomic mass is 19.1. The topological polar surface area (TPSA) is 39.7 Å². The van der Waals surface area contributed by atoms with Crippen LogP contribution in [0.3, 0.4) is 0 Å². The lowest BCUT2D eigenvalue weighted by atomic mass is 10.2. The predicted octanol–water partition coefficient (Wildman–Crippen LogP) is 1.21. The largest absolute Gasteiger partial charge is 0.339 e. The molecular weight excluding hydrogens is 283 g/mol. The van der Waals surface area contributed by atoms with Gasteiger partial charge >= 0.3 is 0 Å². The van der Waals surface area contributed by atoms with Gasteiger partial charge in [0.1, 0.15) is 5.82 Å². The summed E-state index contributed by atoms with van der Waals surface area (Å²) in [6, 6.07) is 1.72. The van der Waals surface area contributed by atoms with Crippen molar-refractivity contribution in [2.75, 3.05) is 45.8 Å². The molecule has 0 spiro atoms. The zero-order valence-electron chi connectivity index (χ0n) is 13.5. The monoisotopic (exact) mass is 308 g/mol. The van der Waals surface area contributed by atoms with Crippen LogP contribution in [0.15, 0.2) is 18.5 Å². The molecule has 0 aliphatic carbocycles. The second-order valence-corrected chi connectivity index (χ2v) is 5.59. The zero-order valence-corrected chi connectivity index (χ0v) is 13.5. The van der Waals surface area contributed by atoms with E-state index in [2.05, 4.69) is 28.6 Å². The fourth-order valence-electron chi connectivity index (χ4n) is 2.67.